The van der Waals surface area contributed by atoms with Crippen molar-refractivity contribution in [2.24, 2.45) is 0 Å². The molecular formula is C22H23N5O3S. The van der Waals surface area contributed by atoms with E-state index < -0.39 is 0 Å². The highest BCUT2D eigenvalue weighted by molar-refractivity contribution is 7.99. The number of aromatic amines is 1. The summed E-state index contributed by atoms with van der Waals surface area (Å²) in [6.45, 7) is 0.754. The summed E-state index contributed by atoms with van der Waals surface area (Å²) in [5, 5.41) is 4.07. The number of rotatable bonds is 9. The lowest BCUT2D eigenvalue weighted by molar-refractivity contribution is 0.323. The Morgan fingerprint density at radius 1 is 0.968 bits per heavy atom. The molecule has 0 saturated carbocycles. The summed E-state index contributed by atoms with van der Waals surface area (Å²) >= 11 is 1.44. The fourth-order valence-corrected chi connectivity index (χ4v) is 4.03. The lowest BCUT2D eigenvalue weighted by atomic mass is 10.1. The van der Waals surface area contributed by atoms with Crippen molar-refractivity contribution in [1.82, 2.24) is 19.9 Å². The second-order valence-electron chi connectivity index (χ2n) is 6.59. The van der Waals surface area contributed by atoms with Gasteiger partial charge in [0, 0.05) is 11.4 Å². The standard InChI is InChI=1S/C22H23N5O3S/c1-28-16-11-15(12-17(29-2)19(16)30-3)31-22-26-18-20(24-13-25-21(18)27-22)23-10-9-14-7-5-4-6-8-14/h4-8,11-13H,9-10H2,1-3H3,(H2,23,24,25,26,27). The third-order valence-electron chi connectivity index (χ3n) is 4.67. The Balaban J connectivity index is 1.54. The molecule has 0 atom stereocenters. The lowest BCUT2D eigenvalue weighted by Gasteiger charge is -2.13. The summed E-state index contributed by atoms with van der Waals surface area (Å²) in [4.78, 5) is 17.5. The van der Waals surface area contributed by atoms with E-state index in [1.54, 1.807) is 21.3 Å². The van der Waals surface area contributed by atoms with Gasteiger partial charge in [-0.3, -0.25) is 0 Å². The quantitative estimate of drug-likeness (QED) is 0.403. The first kappa shape index (κ1) is 20.8. The molecule has 2 aromatic carbocycles. The van der Waals surface area contributed by atoms with Crippen LogP contribution in [0.25, 0.3) is 11.2 Å². The van der Waals surface area contributed by atoms with Crippen LogP contribution in [0.15, 0.2) is 58.8 Å². The molecule has 0 aliphatic rings. The predicted molar refractivity (Wildman–Crippen MR) is 121 cm³/mol. The van der Waals surface area contributed by atoms with Gasteiger partial charge in [-0.05, 0) is 24.1 Å². The summed E-state index contributed by atoms with van der Waals surface area (Å²) in [5.41, 5.74) is 2.64. The summed E-state index contributed by atoms with van der Waals surface area (Å²) in [6, 6.07) is 14.1. The Bertz CT molecular complexity index is 1140. The van der Waals surface area contributed by atoms with Gasteiger partial charge in [0.2, 0.25) is 5.75 Å². The van der Waals surface area contributed by atoms with Gasteiger partial charge < -0.3 is 24.5 Å². The van der Waals surface area contributed by atoms with E-state index in [1.807, 2.05) is 30.3 Å². The number of ether oxygens (including phenoxy) is 3. The van der Waals surface area contributed by atoms with Crippen LogP contribution >= 0.6 is 11.8 Å². The van der Waals surface area contributed by atoms with E-state index in [-0.39, 0.29) is 0 Å². The summed E-state index contributed by atoms with van der Waals surface area (Å²) in [7, 11) is 4.77. The number of imidazole rings is 1. The molecule has 0 amide bonds. The Morgan fingerprint density at radius 2 is 1.71 bits per heavy atom. The van der Waals surface area contributed by atoms with Crippen LogP contribution in [0.2, 0.25) is 0 Å². The third-order valence-corrected chi connectivity index (χ3v) is 5.53. The van der Waals surface area contributed by atoms with Gasteiger partial charge in [-0.15, -0.1) is 0 Å². The Kier molecular flexibility index (Phi) is 6.42. The highest BCUT2D eigenvalue weighted by atomic mass is 32.2. The number of methoxy groups -OCH3 is 3. The molecule has 2 heterocycles. The fraction of sp³-hybridized carbons (Fsp3) is 0.227. The van der Waals surface area contributed by atoms with Gasteiger partial charge in [0.15, 0.2) is 28.1 Å². The van der Waals surface area contributed by atoms with Crippen LogP contribution in [0.1, 0.15) is 5.56 Å². The minimum atomic E-state index is 0.551. The van der Waals surface area contributed by atoms with Crippen molar-refractivity contribution in [2.75, 3.05) is 33.2 Å². The third kappa shape index (κ3) is 4.66. The summed E-state index contributed by atoms with van der Waals surface area (Å²) in [5.74, 6) is 2.45. The molecule has 4 rings (SSSR count). The SMILES string of the molecule is COc1cc(Sc2nc3ncnc(NCCc4ccccc4)c3[nH]2)cc(OC)c1OC. The van der Waals surface area contributed by atoms with Crippen molar-refractivity contribution in [3.63, 3.8) is 0 Å². The summed E-state index contributed by atoms with van der Waals surface area (Å²) < 4.78 is 16.3. The van der Waals surface area contributed by atoms with Crippen molar-refractivity contribution >= 4 is 28.7 Å². The molecule has 2 aromatic heterocycles. The van der Waals surface area contributed by atoms with Crippen molar-refractivity contribution in [3.05, 3.63) is 54.4 Å². The van der Waals surface area contributed by atoms with Crippen LogP contribution in [-0.2, 0) is 6.42 Å². The molecule has 0 fully saturated rings. The zero-order chi connectivity index (χ0) is 21.6. The Labute approximate surface area is 184 Å². The van der Waals surface area contributed by atoms with Gasteiger partial charge in [-0.1, -0.05) is 42.1 Å². The number of nitrogens with one attached hydrogen (secondary N) is 2. The number of fused-ring (bicyclic) bond motifs is 1. The van der Waals surface area contributed by atoms with E-state index >= 15 is 0 Å². The number of aromatic nitrogens is 4. The monoisotopic (exact) mass is 437 g/mol. The van der Waals surface area contributed by atoms with Crippen molar-refractivity contribution in [1.29, 1.82) is 0 Å². The normalized spacial score (nSPS) is 10.8. The maximum atomic E-state index is 5.43. The first-order chi connectivity index (χ1) is 15.2. The number of hydrogen-bond donors (Lipinski definition) is 2. The van der Waals surface area contributed by atoms with Crippen molar-refractivity contribution in [3.8, 4) is 17.2 Å². The smallest absolute Gasteiger partial charge is 0.203 e. The molecular weight excluding hydrogens is 414 g/mol. The molecule has 0 spiro atoms. The molecule has 0 aliphatic heterocycles. The topological polar surface area (TPSA) is 94.2 Å². The number of hydrogen-bond acceptors (Lipinski definition) is 8. The van der Waals surface area contributed by atoms with E-state index in [9.17, 15) is 0 Å². The molecule has 31 heavy (non-hydrogen) atoms. The lowest BCUT2D eigenvalue weighted by Crippen LogP contribution is -2.07. The minimum Gasteiger partial charge on any atom is -0.493 e. The van der Waals surface area contributed by atoms with Crippen LogP contribution in [0.5, 0.6) is 17.2 Å². The molecule has 0 aliphatic carbocycles. The van der Waals surface area contributed by atoms with Gasteiger partial charge in [-0.25, -0.2) is 15.0 Å². The van der Waals surface area contributed by atoms with Gasteiger partial charge in [-0.2, -0.15) is 0 Å². The average molecular weight is 438 g/mol. The van der Waals surface area contributed by atoms with Gasteiger partial charge in [0.1, 0.15) is 11.8 Å². The molecule has 0 radical (unpaired) electrons. The van der Waals surface area contributed by atoms with E-state index in [4.69, 9.17) is 14.2 Å². The number of benzene rings is 2. The number of H-pyrrole nitrogens is 1. The average Bonchev–Trinajstić information content (AvgIpc) is 3.22. The molecule has 0 bridgehead atoms. The van der Waals surface area contributed by atoms with Crippen LogP contribution < -0.4 is 19.5 Å². The molecule has 0 unspecified atom stereocenters. The van der Waals surface area contributed by atoms with Gasteiger partial charge >= 0.3 is 0 Å². The second-order valence-corrected chi connectivity index (χ2v) is 7.65. The molecule has 2 N–H and O–H groups in total. The van der Waals surface area contributed by atoms with Crippen LogP contribution in [-0.4, -0.2) is 47.8 Å². The molecule has 0 saturated heterocycles. The Hall–Kier alpha value is -3.46. The summed E-state index contributed by atoms with van der Waals surface area (Å²) in [6.07, 6.45) is 2.41. The number of nitrogens with zero attached hydrogens (tertiary/aromatic N) is 3. The van der Waals surface area contributed by atoms with E-state index in [1.165, 1.54) is 23.7 Å². The first-order valence-electron chi connectivity index (χ1n) is 9.68. The van der Waals surface area contributed by atoms with Crippen LogP contribution in [0.3, 0.4) is 0 Å². The van der Waals surface area contributed by atoms with E-state index in [0.29, 0.717) is 28.1 Å². The van der Waals surface area contributed by atoms with Crippen LogP contribution in [0.4, 0.5) is 5.82 Å². The van der Waals surface area contributed by atoms with Gasteiger partial charge in [0.05, 0.1) is 21.3 Å². The second kappa shape index (κ2) is 9.57. The zero-order valence-corrected chi connectivity index (χ0v) is 18.3. The zero-order valence-electron chi connectivity index (χ0n) is 17.5. The molecule has 4 aromatic rings. The maximum absolute atomic E-state index is 5.43. The molecule has 8 nitrogen and oxygen atoms in total. The first-order valence-corrected chi connectivity index (χ1v) is 10.5. The van der Waals surface area contributed by atoms with Gasteiger partial charge in [0.25, 0.3) is 0 Å². The van der Waals surface area contributed by atoms with Crippen LogP contribution in [0, 0.1) is 0 Å². The van der Waals surface area contributed by atoms with Crippen molar-refractivity contribution in [2.45, 2.75) is 16.5 Å². The number of anilines is 1. The molecule has 9 heteroatoms. The minimum absolute atomic E-state index is 0.551. The van der Waals surface area contributed by atoms with E-state index in [2.05, 4.69) is 37.4 Å². The Morgan fingerprint density at radius 3 is 2.39 bits per heavy atom. The van der Waals surface area contributed by atoms with Crippen molar-refractivity contribution < 1.29 is 14.2 Å². The fourth-order valence-electron chi connectivity index (χ4n) is 3.19. The maximum Gasteiger partial charge on any atom is 0.203 e. The highest BCUT2D eigenvalue weighted by Gasteiger charge is 2.16. The predicted octanol–water partition coefficient (Wildman–Crippen LogP) is 4.18. The largest absolute Gasteiger partial charge is 0.493 e. The van der Waals surface area contributed by atoms with E-state index in [0.717, 1.165) is 29.2 Å². The highest BCUT2D eigenvalue weighted by Crippen LogP contribution is 2.42. The molecule has 160 valence electrons.